The third kappa shape index (κ3) is 4.73. The zero-order chi connectivity index (χ0) is 13.5. The summed E-state index contributed by atoms with van der Waals surface area (Å²) in [5.41, 5.74) is 1.06. The van der Waals surface area contributed by atoms with Crippen LogP contribution < -0.4 is 0 Å². The van der Waals surface area contributed by atoms with Crippen molar-refractivity contribution in [2.45, 2.75) is 12.8 Å². The van der Waals surface area contributed by atoms with Crippen LogP contribution >= 0.6 is 0 Å². The van der Waals surface area contributed by atoms with E-state index in [0.717, 1.165) is 57.5 Å². The van der Waals surface area contributed by atoms with E-state index in [4.69, 9.17) is 0 Å². The average Bonchev–Trinajstić information content (AvgIpc) is 2.44. The third-order valence-corrected chi connectivity index (χ3v) is 3.63. The maximum atomic E-state index is 13.1. The number of benzene rings is 1. The van der Waals surface area contributed by atoms with Gasteiger partial charge in [-0.2, -0.15) is 0 Å². The highest BCUT2D eigenvalue weighted by Gasteiger charge is 2.15. The zero-order valence-corrected chi connectivity index (χ0v) is 11.2. The minimum Gasteiger partial charge on any atom is -0.303 e. The van der Waals surface area contributed by atoms with Gasteiger partial charge in [-0.15, -0.1) is 0 Å². The van der Waals surface area contributed by atoms with Gasteiger partial charge in [0, 0.05) is 45.7 Å². The molecule has 1 aromatic carbocycles. The number of carbonyl (C=O) groups excluding carboxylic acids is 1. The standard InChI is InChI=1S/C15H21FN2O/c16-15-4-1-3-14(13-15)5-7-18-10-8-17(9-11-18)6-2-12-19/h1,3-4,12-13H,2,5-11H2. The molecular weight excluding hydrogens is 243 g/mol. The highest BCUT2D eigenvalue weighted by atomic mass is 19.1. The highest BCUT2D eigenvalue weighted by Crippen LogP contribution is 2.07. The van der Waals surface area contributed by atoms with Gasteiger partial charge in [0.25, 0.3) is 0 Å². The fraction of sp³-hybridized carbons (Fsp3) is 0.533. The number of hydrogen-bond acceptors (Lipinski definition) is 3. The van der Waals surface area contributed by atoms with E-state index >= 15 is 0 Å². The monoisotopic (exact) mass is 264 g/mol. The summed E-state index contributed by atoms with van der Waals surface area (Å²) in [5.74, 6) is -0.156. The lowest BCUT2D eigenvalue weighted by Crippen LogP contribution is -2.47. The molecule has 1 aliphatic rings. The van der Waals surface area contributed by atoms with Crippen molar-refractivity contribution in [3.05, 3.63) is 35.6 Å². The molecule has 1 fully saturated rings. The van der Waals surface area contributed by atoms with E-state index in [1.54, 1.807) is 12.1 Å². The molecule has 1 heterocycles. The number of rotatable bonds is 6. The maximum Gasteiger partial charge on any atom is 0.123 e. The molecule has 0 unspecified atom stereocenters. The Bertz CT molecular complexity index is 403. The molecule has 0 spiro atoms. The van der Waals surface area contributed by atoms with Gasteiger partial charge in [0.05, 0.1) is 0 Å². The van der Waals surface area contributed by atoms with Gasteiger partial charge >= 0.3 is 0 Å². The van der Waals surface area contributed by atoms with Crippen molar-refractivity contribution in [1.82, 2.24) is 9.80 Å². The number of halogens is 1. The number of carbonyl (C=O) groups is 1. The van der Waals surface area contributed by atoms with Crippen molar-refractivity contribution in [3.8, 4) is 0 Å². The fourth-order valence-electron chi connectivity index (χ4n) is 2.45. The Balaban J connectivity index is 1.69. The smallest absolute Gasteiger partial charge is 0.123 e. The Morgan fingerprint density at radius 3 is 2.42 bits per heavy atom. The molecule has 0 aliphatic carbocycles. The van der Waals surface area contributed by atoms with E-state index in [1.165, 1.54) is 6.07 Å². The lowest BCUT2D eigenvalue weighted by Gasteiger charge is -2.34. The van der Waals surface area contributed by atoms with Crippen LogP contribution in [0, 0.1) is 5.82 Å². The minimum absolute atomic E-state index is 0.156. The van der Waals surface area contributed by atoms with Gasteiger partial charge in [0.15, 0.2) is 0 Å². The molecule has 0 N–H and O–H groups in total. The number of nitrogens with zero attached hydrogens (tertiary/aromatic N) is 2. The second-order valence-corrected chi connectivity index (χ2v) is 5.02. The first-order chi connectivity index (χ1) is 9.28. The van der Waals surface area contributed by atoms with E-state index in [-0.39, 0.29) is 5.82 Å². The van der Waals surface area contributed by atoms with Crippen LogP contribution in [0.4, 0.5) is 4.39 Å². The normalized spacial score (nSPS) is 17.5. The predicted molar refractivity (Wildman–Crippen MR) is 73.7 cm³/mol. The topological polar surface area (TPSA) is 23.6 Å². The summed E-state index contributed by atoms with van der Waals surface area (Å²) in [6.45, 7) is 5.97. The van der Waals surface area contributed by atoms with Crippen LogP contribution in [0.5, 0.6) is 0 Å². The molecule has 2 rings (SSSR count). The molecule has 0 aromatic heterocycles. The highest BCUT2D eigenvalue weighted by molar-refractivity contribution is 5.49. The van der Waals surface area contributed by atoms with Crippen LogP contribution in [0.25, 0.3) is 0 Å². The van der Waals surface area contributed by atoms with E-state index < -0.39 is 0 Å². The summed E-state index contributed by atoms with van der Waals surface area (Å²) < 4.78 is 13.1. The lowest BCUT2D eigenvalue weighted by atomic mass is 10.1. The van der Waals surface area contributed by atoms with Gasteiger partial charge in [-0.1, -0.05) is 12.1 Å². The quantitative estimate of drug-likeness (QED) is 0.729. The Hall–Kier alpha value is -1.26. The summed E-state index contributed by atoms with van der Waals surface area (Å²) in [6.07, 6.45) is 2.51. The molecule has 1 aromatic rings. The fourth-order valence-corrected chi connectivity index (χ4v) is 2.45. The summed E-state index contributed by atoms with van der Waals surface area (Å²) in [7, 11) is 0. The molecule has 0 radical (unpaired) electrons. The Morgan fingerprint density at radius 2 is 1.79 bits per heavy atom. The van der Waals surface area contributed by atoms with Gasteiger partial charge in [-0.25, -0.2) is 4.39 Å². The van der Waals surface area contributed by atoms with Crippen molar-refractivity contribution >= 4 is 6.29 Å². The SMILES string of the molecule is O=CCCN1CCN(CCc2cccc(F)c2)CC1. The van der Waals surface area contributed by atoms with Crippen LogP contribution in [-0.2, 0) is 11.2 Å². The molecule has 1 aliphatic heterocycles. The average molecular weight is 264 g/mol. The van der Waals surface area contributed by atoms with E-state index in [2.05, 4.69) is 9.80 Å². The van der Waals surface area contributed by atoms with Crippen molar-refractivity contribution in [2.75, 3.05) is 39.3 Å². The molecule has 0 saturated carbocycles. The van der Waals surface area contributed by atoms with Crippen molar-refractivity contribution in [2.24, 2.45) is 0 Å². The van der Waals surface area contributed by atoms with E-state index in [1.807, 2.05) is 6.07 Å². The third-order valence-electron chi connectivity index (χ3n) is 3.63. The van der Waals surface area contributed by atoms with Gasteiger partial charge in [-0.3, -0.25) is 0 Å². The van der Waals surface area contributed by atoms with Crippen LogP contribution in [0.2, 0.25) is 0 Å². The largest absolute Gasteiger partial charge is 0.303 e. The van der Waals surface area contributed by atoms with Crippen LogP contribution in [0.15, 0.2) is 24.3 Å². The first kappa shape index (κ1) is 14.2. The molecule has 3 nitrogen and oxygen atoms in total. The number of aldehydes is 1. The van der Waals surface area contributed by atoms with Crippen molar-refractivity contribution in [1.29, 1.82) is 0 Å². The second-order valence-electron chi connectivity index (χ2n) is 5.02. The Labute approximate surface area is 114 Å². The summed E-state index contributed by atoms with van der Waals surface area (Å²) in [4.78, 5) is 15.1. The molecule has 1 saturated heterocycles. The maximum absolute atomic E-state index is 13.1. The summed E-state index contributed by atoms with van der Waals surface area (Å²) in [5, 5.41) is 0. The number of hydrogen-bond donors (Lipinski definition) is 0. The summed E-state index contributed by atoms with van der Waals surface area (Å²) in [6, 6.07) is 6.83. The van der Waals surface area contributed by atoms with Crippen molar-refractivity contribution < 1.29 is 9.18 Å². The molecule has 0 amide bonds. The Morgan fingerprint density at radius 1 is 1.11 bits per heavy atom. The zero-order valence-electron chi connectivity index (χ0n) is 11.2. The molecule has 0 atom stereocenters. The van der Waals surface area contributed by atoms with Gasteiger partial charge in [0.2, 0.25) is 0 Å². The van der Waals surface area contributed by atoms with Crippen molar-refractivity contribution in [3.63, 3.8) is 0 Å². The first-order valence-corrected chi connectivity index (χ1v) is 6.91. The lowest BCUT2D eigenvalue weighted by molar-refractivity contribution is -0.108. The Kier molecular flexibility index (Phi) is 5.48. The molecule has 0 bridgehead atoms. The van der Waals surface area contributed by atoms with E-state index in [0.29, 0.717) is 6.42 Å². The van der Waals surface area contributed by atoms with E-state index in [9.17, 15) is 9.18 Å². The number of piperazine rings is 1. The predicted octanol–water partition coefficient (Wildman–Crippen LogP) is 1.57. The molecule has 19 heavy (non-hydrogen) atoms. The molecule has 104 valence electrons. The minimum atomic E-state index is -0.156. The van der Waals surface area contributed by atoms with Crippen LogP contribution in [0.1, 0.15) is 12.0 Å². The van der Waals surface area contributed by atoms with Gasteiger partial charge in [0.1, 0.15) is 12.1 Å². The molecule has 4 heteroatoms. The van der Waals surface area contributed by atoms with Crippen LogP contribution in [-0.4, -0.2) is 55.4 Å². The van der Waals surface area contributed by atoms with Crippen LogP contribution in [0.3, 0.4) is 0 Å². The molecular formula is C15H21FN2O. The van der Waals surface area contributed by atoms with Gasteiger partial charge in [-0.05, 0) is 24.1 Å². The second kappa shape index (κ2) is 7.36. The first-order valence-electron chi connectivity index (χ1n) is 6.91. The van der Waals surface area contributed by atoms with Gasteiger partial charge < -0.3 is 14.6 Å². The summed E-state index contributed by atoms with van der Waals surface area (Å²) >= 11 is 0.